The summed E-state index contributed by atoms with van der Waals surface area (Å²) in [5.41, 5.74) is 0. The lowest BCUT2D eigenvalue weighted by atomic mass is 10.5. The van der Waals surface area contributed by atoms with Crippen LogP contribution in [0.25, 0.3) is 0 Å². The molecule has 0 unspecified atom stereocenters. The zero-order valence-corrected chi connectivity index (χ0v) is 11.4. The van der Waals surface area contributed by atoms with E-state index in [-0.39, 0.29) is 0 Å². The van der Waals surface area contributed by atoms with Crippen LogP contribution in [0.15, 0.2) is 0 Å². The Balaban J connectivity index is 4.45. The fourth-order valence-corrected chi connectivity index (χ4v) is 14.7. The maximum Gasteiger partial charge on any atom is 0.0448 e. The molecular formula is C9H24OSi2. The van der Waals surface area contributed by atoms with E-state index in [2.05, 4.69) is 39.3 Å². The van der Waals surface area contributed by atoms with Gasteiger partial charge in [-0.25, -0.2) is 0 Å². The largest absolute Gasteiger partial charge is 0.396 e. The molecule has 0 aliphatic rings. The van der Waals surface area contributed by atoms with Crippen LogP contribution in [0.5, 0.6) is 0 Å². The maximum atomic E-state index is 9.01. The smallest absolute Gasteiger partial charge is 0.0448 e. The molecule has 3 heteroatoms. The number of hydrogen-bond acceptors (Lipinski definition) is 1. The van der Waals surface area contributed by atoms with E-state index in [4.69, 9.17) is 5.11 Å². The highest BCUT2D eigenvalue weighted by molar-refractivity contribution is 6.96. The number of hydrogen-bond donors (Lipinski definition) is 1. The zero-order chi connectivity index (χ0) is 9.99. The monoisotopic (exact) mass is 204 g/mol. The van der Waals surface area contributed by atoms with Gasteiger partial charge in [0.1, 0.15) is 0 Å². The Kier molecular flexibility index (Phi) is 4.20. The molecule has 1 nitrogen and oxygen atoms in total. The number of aliphatic hydroxyl groups is 1. The van der Waals surface area contributed by atoms with Gasteiger partial charge in [0.2, 0.25) is 0 Å². The van der Waals surface area contributed by atoms with Crippen LogP contribution in [-0.2, 0) is 0 Å². The minimum Gasteiger partial charge on any atom is -0.396 e. The number of rotatable bonds is 4. The molecule has 0 aromatic heterocycles. The SMILES string of the molecule is C[Si](C)(C)C(CCO)[Si](C)(C)C. The van der Waals surface area contributed by atoms with Crippen LogP contribution in [0.4, 0.5) is 0 Å². The summed E-state index contributed by atoms with van der Waals surface area (Å²) in [5.74, 6) is 0. The van der Waals surface area contributed by atoms with E-state index in [0.29, 0.717) is 6.61 Å². The van der Waals surface area contributed by atoms with E-state index in [1.165, 1.54) is 0 Å². The predicted octanol–water partition coefficient (Wildman–Crippen LogP) is 2.95. The molecular weight excluding hydrogens is 180 g/mol. The lowest BCUT2D eigenvalue weighted by molar-refractivity contribution is 0.290. The molecule has 0 rings (SSSR count). The van der Waals surface area contributed by atoms with Crippen molar-refractivity contribution in [2.45, 2.75) is 50.9 Å². The standard InChI is InChI=1S/C9H24OSi2/c1-11(2,3)9(7-8-10)12(4,5)6/h9-10H,7-8H2,1-6H3. The summed E-state index contributed by atoms with van der Waals surface area (Å²) in [6.07, 6.45) is 1.03. The Bertz CT molecular complexity index is 118. The predicted molar refractivity (Wildman–Crippen MR) is 62.1 cm³/mol. The molecule has 0 saturated heterocycles. The summed E-state index contributed by atoms with van der Waals surface area (Å²) in [6.45, 7) is 14.9. The van der Waals surface area contributed by atoms with Gasteiger partial charge in [0, 0.05) is 22.8 Å². The van der Waals surface area contributed by atoms with Crippen LogP contribution < -0.4 is 0 Å². The van der Waals surface area contributed by atoms with Gasteiger partial charge in [-0.05, 0) is 11.6 Å². The molecule has 0 radical (unpaired) electrons. The van der Waals surface area contributed by atoms with Gasteiger partial charge in [0.15, 0.2) is 0 Å². The first-order valence-corrected chi connectivity index (χ1v) is 12.0. The third-order valence-electron chi connectivity index (χ3n) is 2.51. The molecule has 0 bridgehead atoms. The van der Waals surface area contributed by atoms with Crippen LogP contribution >= 0.6 is 0 Å². The van der Waals surface area contributed by atoms with Crippen LogP contribution in [0.1, 0.15) is 6.42 Å². The first-order valence-electron chi connectivity index (χ1n) is 4.80. The van der Waals surface area contributed by atoms with Crippen molar-refractivity contribution in [2.24, 2.45) is 0 Å². The number of aliphatic hydroxyl groups excluding tert-OH is 1. The highest BCUT2D eigenvalue weighted by Gasteiger charge is 2.36. The minimum atomic E-state index is -1.04. The van der Waals surface area contributed by atoms with Crippen LogP contribution in [0, 0.1) is 0 Å². The normalized spacial score (nSPS) is 14.0. The molecule has 0 atom stereocenters. The average molecular weight is 204 g/mol. The van der Waals surface area contributed by atoms with Crippen molar-refractivity contribution in [1.82, 2.24) is 0 Å². The molecule has 12 heavy (non-hydrogen) atoms. The highest BCUT2D eigenvalue weighted by Crippen LogP contribution is 2.34. The van der Waals surface area contributed by atoms with Crippen molar-refractivity contribution in [3.05, 3.63) is 0 Å². The summed E-state index contributed by atoms with van der Waals surface area (Å²) >= 11 is 0. The quantitative estimate of drug-likeness (QED) is 0.698. The Morgan fingerprint density at radius 1 is 0.917 bits per heavy atom. The molecule has 74 valence electrons. The molecule has 0 aromatic rings. The topological polar surface area (TPSA) is 20.2 Å². The zero-order valence-electron chi connectivity index (χ0n) is 9.44. The molecule has 0 aliphatic carbocycles. The van der Waals surface area contributed by atoms with E-state index < -0.39 is 16.1 Å². The van der Waals surface area contributed by atoms with Gasteiger partial charge in [-0.15, -0.1) is 0 Å². The van der Waals surface area contributed by atoms with Gasteiger partial charge in [-0.3, -0.25) is 0 Å². The van der Waals surface area contributed by atoms with Crippen molar-refractivity contribution < 1.29 is 5.11 Å². The van der Waals surface area contributed by atoms with Gasteiger partial charge in [-0.2, -0.15) is 0 Å². The fourth-order valence-electron chi connectivity index (χ4n) is 2.29. The fraction of sp³-hybridized carbons (Fsp3) is 1.00. The Morgan fingerprint density at radius 3 is 1.33 bits per heavy atom. The van der Waals surface area contributed by atoms with E-state index in [0.717, 1.165) is 11.6 Å². The van der Waals surface area contributed by atoms with E-state index in [1.807, 2.05) is 0 Å². The third-order valence-corrected chi connectivity index (χ3v) is 12.5. The molecule has 0 spiro atoms. The summed E-state index contributed by atoms with van der Waals surface area (Å²) in [4.78, 5) is 0. The second-order valence-corrected chi connectivity index (χ2v) is 17.2. The van der Waals surface area contributed by atoms with E-state index in [1.54, 1.807) is 0 Å². The van der Waals surface area contributed by atoms with E-state index in [9.17, 15) is 0 Å². The Labute approximate surface area is 79.2 Å². The van der Waals surface area contributed by atoms with Gasteiger partial charge in [-0.1, -0.05) is 39.3 Å². The highest BCUT2D eigenvalue weighted by atomic mass is 28.4. The van der Waals surface area contributed by atoms with Gasteiger partial charge in [0.05, 0.1) is 0 Å². The second-order valence-electron chi connectivity index (χ2n) is 5.80. The summed E-state index contributed by atoms with van der Waals surface area (Å²) in [7, 11) is -2.08. The van der Waals surface area contributed by atoms with Crippen molar-refractivity contribution in [3.8, 4) is 0 Å². The summed E-state index contributed by atoms with van der Waals surface area (Å²) < 4.78 is 0. The second kappa shape index (κ2) is 4.07. The Hall–Kier alpha value is 0.394. The van der Waals surface area contributed by atoms with Gasteiger partial charge in [0.25, 0.3) is 0 Å². The third kappa shape index (κ3) is 3.87. The lowest BCUT2D eigenvalue weighted by Crippen LogP contribution is -2.44. The van der Waals surface area contributed by atoms with Gasteiger partial charge < -0.3 is 5.11 Å². The molecule has 0 aromatic carbocycles. The van der Waals surface area contributed by atoms with Crippen LogP contribution in [0.3, 0.4) is 0 Å². The van der Waals surface area contributed by atoms with Crippen molar-refractivity contribution >= 4 is 16.1 Å². The average Bonchev–Trinajstić information content (AvgIpc) is 1.77. The van der Waals surface area contributed by atoms with Crippen molar-refractivity contribution in [1.29, 1.82) is 0 Å². The van der Waals surface area contributed by atoms with Crippen LogP contribution in [0.2, 0.25) is 44.4 Å². The van der Waals surface area contributed by atoms with Crippen molar-refractivity contribution in [2.75, 3.05) is 6.61 Å². The molecule has 0 amide bonds. The van der Waals surface area contributed by atoms with Crippen molar-refractivity contribution in [3.63, 3.8) is 0 Å². The molecule has 0 heterocycles. The first kappa shape index (κ1) is 12.4. The van der Waals surface area contributed by atoms with Gasteiger partial charge >= 0.3 is 0 Å². The molecule has 1 N–H and O–H groups in total. The summed E-state index contributed by atoms with van der Waals surface area (Å²) in [6, 6.07) is 0. The van der Waals surface area contributed by atoms with Crippen LogP contribution in [-0.4, -0.2) is 27.9 Å². The first-order chi connectivity index (χ1) is 5.19. The van der Waals surface area contributed by atoms with E-state index >= 15 is 0 Å². The molecule has 0 fully saturated rings. The summed E-state index contributed by atoms with van der Waals surface area (Å²) in [5, 5.41) is 9.86. The Morgan fingerprint density at radius 2 is 1.25 bits per heavy atom. The molecule has 0 aliphatic heterocycles. The lowest BCUT2D eigenvalue weighted by Gasteiger charge is -2.38. The minimum absolute atomic E-state index is 0.374. The maximum absolute atomic E-state index is 9.01. The molecule has 0 saturated carbocycles.